The number of carbonyl (C=O) groups is 1. The van der Waals surface area contributed by atoms with E-state index in [0.717, 1.165) is 38.3 Å². The first kappa shape index (κ1) is 21.5. The van der Waals surface area contributed by atoms with Gasteiger partial charge in [0.1, 0.15) is 0 Å². The number of amides is 1. The van der Waals surface area contributed by atoms with Gasteiger partial charge in [0.2, 0.25) is 5.91 Å². The van der Waals surface area contributed by atoms with Gasteiger partial charge in [-0.15, -0.1) is 0 Å². The molecule has 1 aromatic carbocycles. The lowest BCUT2D eigenvalue weighted by Gasteiger charge is -2.26. The highest BCUT2D eigenvalue weighted by atomic mass is 16.2. The Bertz CT molecular complexity index is 724. The first-order valence-electron chi connectivity index (χ1n) is 11.0. The third-order valence-corrected chi connectivity index (χ3v) is 6.19. The van der Waals surface area contributed by atoms with E-state index in [1.807, 2.05) is 0 Å². The molecule has 0 radical (unpaired) electrons. The number of rotatable bonds is 5. The Morgan fingerprint density at radius 2 is 1.97 bits per heavy atom. The van der Waals surface area contributed by atoms with Crippen molar-refractivity contribution in [3.05, 3.63) is 29.3 Å². The number of nitrogens with zero attached hydrogens (tertiary/aromatic N) is 3. The molecule has 1 aromatic rings. The van der Waals surface area contributed by atoms with Gasteiger partial charge in [0.05, 0.1) is 0 Å². The molecule has 1 saturated heterocycles. The molecule has 160 valence electrons. The number of aliphatic imine (C=N–C) groups is 1. The van der Waals surface area contributed by atoms with E-state index in [4.69, 9.17) is 0 Å². The average Bonchev–Trinajstić information content (AvgIpc) is 3.20. The van der Waals surface area contributed by atoms with Crippen molar-refractivity contribution in [3.63, 3.8) is 0 Å². The predicted octanol–water partition coefficient (Wildman–Crippen LogP) is 2.91. The maximum absolute atomic E-state index is 12.8. The zero-order chi connectivity index (χ0) is 20.8. The second-order valence-electron chi connectivity index (χ2n) is 8.70. The summed E-state index contributed by atoms with van der Waals surface area (Å²) in [4.78, 5) is 21.4. The van der Waals surface area contributed by atoms with E-state index in [9.17, 15) is 4.79 Å². The van der Waals surface area contributed by atoms with Crippen LogP contribution in [-0.2, 0) is 11.3 Å². The second-order valence-corrected chi connectivity index (χ2v) is 8.70. The Morgan fingerprint density at radius 1 is 1.21 bits per heavy atom. The summed E-state index contributed by atoms with van der Waals surface area (Å²) in [5, 5.41) is 6.96. The number of guanidine groups is 1. The lowest BCUT2D eigenvalue weighted by Crippen LogP contribution is -2.45. The van der Waals surface area contributed by atoms with Crippen molar-refractivity contribution in [1.82, 2.24) is 15.5 Å². The van der Waals surface area contributed by atoms with Crippen molar-refractivity contribution < 1.29 is 4.79 Å². The molecule has 1 atom stereocenters. The van der Waals surface area contributed by atoms with Crippen LogP contribution in [0.3, 0.4) is 0 Å². The van der Waals surface area contributed by atoms with E-state index in [2.05, 4.69) is 64.6 Å². The third-order valence-electron chi connectivity index (χ3n) is 6.19. The molecule has 6 nitrogen and oxygen atoms in total. The Hall–Kier alpha value is -2.24. The van der Waals surface area contributed by atoms with Gasteiger partial charge in [0.15, 0.2) is 5.96 Å². The second kappa shape index (κ2) is 9.99. The molecule has 0 bridgehead atoms. The zero-order valence-electron chi connectivity index (χ0n) is 18.5. The van der Waals surface area contributed by atoms with E-state index >= 15 is 0 Å². The average molecular weight is 400 g/mol. The van der Waals surface area contributed by atoms with Crippen LogP contribution in [0.2, 0.25) is 0 Å². The van der Waals surface area contributed by atoms with E-state index in [0.29, 0.717) is 12.5 Å². The molecule has 2 fully saturated rings. The normalized spacial score (nSPS) is 20.6. The minimum atomic E-state index is 0.255. The summed E-state index contributed by atoms with van der Waals surface area (Å²) >= 11 is 0. The Kier molecular flexibility index (Phi) is 7.40. The lowest BCUT2D eigenvalue weighted by molar-refractivity contribution is -0.135. The predicted molar refractivity (Wildman–Crippen MR) is 120 cm³/mol. The van der Waals surface area contributed by atoms with Gasteiger partial charge in [-0.2, -0.15) is 0 Å². The molecular weight excluding hydrogens is 362 g/mol. The minimum absolute atomic E-state index is 0.255. The highest BCUT2D eigenvalue weighted by Crippen LogP contribution is 2.27. The minimum Gasteiger partial charge on any atom is -0.377 e. The first-order valence-corrected chi connectivity index (χ1v) is 11.0. The Morgan fingerprint density at radius 3 is 2.66 bits per heavy atom. The number of nitrogens with one attached hydrogen (secondary N) is 2. The summed E-state index contributed by atoms with van der Waals surface area (Å²) in [7, 11) is 5.95. The molecule has 2 aliphatic rings. The van der Waals surface area contributed by atoms with Crippen molar-refractivity contribution in [3.8, 4) is 0 Å². The summed E-state index contributed by atoms with van der Waals surface area (Å²) in [5.41, 5.74) is 3.72. The Labute approximate surface area is 175 Å². The van der Waals surface area contributed by atoms with E-state index in [1.165, 1.54) is 36.1 Å². The molecular formula is C23H37N5O. The van der Waals surface area contributed by atoms with Crippen LogP contribution in [-0.4, -0.2) is 57.0 Å². The van der Waals surface area contributed by atoms with Crippen LogP contribution >= 0.6 is 0 Å². The highest BCUT2D eigenvalue weighted by molar-refractivity contribution is 5.81. The van der Waals surface area contributed by atoms with Crippen molar-refractivity contribution in [1.29, 1.82) is 0 Å². The molecule has 1 saturated carbocycles. The fourth-order valence-corrected chi connectivity index (χ4v) is 4.49. The van der Waals surface area contributed by atoms with Gasteiger partial charge in [-0.05, 0) is 43.4 Å². The monoisotopic (exact) mass is 399 g/mol. The first-order chi connectivity index (χ1) is 14.0. The van der Waals surface area contributed by atoms with Gasteiger partial charge in [-0.25, -0.2) is 0 Å². The van der Waals surface area contributed by atoms with Crippen LogP contribution in [0.5, 0.6) is 0 Å². The number of hydrogen-bond donors (Lipinski definition) is 2. The van der Waals surface area contributed by atoms with Gasteiger partial charge in [0, 0.05) is 58.4 Å². The third kappa shape index (κ3) is 5.64. The molecule has 0 spiro atoms. The van der Waals surface area contributed by atoms with Gasteiger partial charge in [0.25, 0.3) is 0 Å². The molecule has 1 amide bonds. The molecule has 6 heteroatoms. The topological polar surface area (TPSA) is 60.0 Å². The van der Waals surface area contributed by atoms with Gasteiger partial charge < -0.3 is 20.4 Å². The summed E-state index contributed by atoms with van der Waals surface area (Å²) in [6.45, 7) is 4.46. The van der Waals surface area contributed by atoms with Gasteiger partial charge >= 0.3 is 0 Å². The van der Waals surface area contributed by atoms with Gasteiger partial charge in [-0.3, -0.25) is 9.79 Å². The van der Waals surface area contributed by atoms with Crippen molar-refractivity contribution in [2.24, 2.45) is 10.9 Å². The number of hydrogen-bond acceptors (Lipinski definition) is 3. The van der Waals surface area contributed by atoms with Crippen LogP contribution in [0, 0.1) is 12.8 Å². The van der Waals surface area contributed by atoms with Crippen molar-refractivity contribution >= 4 is 17.6 Å². The van der Waals surface area contributed by atoms with E-state index in [1.54, 1.807) is 7.05 Å². The number of likely N-dealkylation sites (tertiary alicyclic amines) is 1. The SMILES string of the molecule is CN=C(NCc1ccc(C)cc1N(C)C)NC1CCN(C(=O)C2CCCCC2)C1. The molecule has 2 N–H and O–H groups in total. The molecule has 1 heterocycles. The quantitative estimate of drug-likeness (QED) is 0.590. The van der Waals surface area contributed by atoms with Crippen LogP contribution in [0.15, 0.2) is 23.2 Å². The largest absolute Gasteiger partial charge is 0.377 e. The summed E-state index contributed by atoms with van der Waals surface area (Å²) in [6, 6.07) is 6.79. The number of anilines is 1. The maximum atomic E-state index is 12.8. The molecule has 1 aliphatic heterocycles. The fraction of sp³-hybridized carbons (Fsp3) is 0.652. The molecule has 1 unspecified atom stereocenters. The number of aryl methyl sites for hydroxylation is 1. The number of benzene rings is 1. The van der Waals surface area contributed by atoms with Crippen LogP contribution in [0.1, 0.15) is 49.7 Å². The summed E-state index contributed by atoms with van der Waals surface area (Å²) in [5.74, 6) is 1.42. The van der Waals surface area contributed by atoms with Crippen LogP contribution in [0.4, 0.5) is 5.69 Å². The fourth-order valence-electron chi connectivity index (χ4n) is 4.49. The maximum Gasteiger partial charge on any atom is 0.225 e. The molecule has 29 heavy (non-hydrogen) atoms. The molecule has 1 aliphatic carbocycles. The van der Waals surface area contributed by atoms with E-state index < -0.39 is 0 Å². The van der Waals surface area contributed by atoms with E-state index in [-0.39, 0.29) is 12.0 Å². The highest BCUT2D eigenvalue weighted by Gasteiger charge is 2.31. The van der Waals surface area contributed by atoms with Crippen LogP contribution in [0.25, 0.3) is 0 Å². The summed E-state index contributed by atoms with van der Waals surface area (Å²) < 4.78 is 0. The molecule has 0 aromatic heterocycles. The molecule has 3 rings (SSSR count). The van der Waals surface area contributed by atoms with Crippen molar-refractivity contribution in [2.45, 2.75) is 58.0 Å². The lowest BCUT2D eigenvalue weighted by atomic mass is 9.88. The zero-order valence-corrected chi connectivity index (χ0v) is 18.5. The Balaban J connectivity index is 1.51. The van der Waals surface area contributed by atoms with Crippen LogP contribution < -0.4 is 15.5 Å². The summed E-state index contributed by atoms with van der Waals surface area (Å²) in [6.07, 6.45) is 6.81. The van der Waals surface area contributed by atoms with Gasteiger partial charge in [-0.1, -0.05) is 31.4 Å². The standard InChI is InChI=1S/C23H37N5O/c1-17-10-11-19(21(14-17)27(3)4)15-25-23(24-2)26-20-12-13-28(16-20)22(29)18-8-6-5-7-9-18/h10-11,14,18,20H,5-9,12-13,15-16H2,1-4H3,(H2,24,25,26). The smallest absolute Gasteiger partial charge is 0.225 e. The van der Waals surface area contributed by atoms with Crippen molar-refractivity contribution in [2.75, 3.05) is 39.1 Å². The number of carbonyl (C=O) groups excluding carboxylic acids is 1.